The Morgan fingerprint density at radius 2 is 2.07 bits per heavy atom. The maximum atomic E-state index is 5.80. The topological polar surface area (TPSA) is 67.8 Å². The third-order valence-electron chi connectivity index (χ3n) is 4.48. The highest BCUT2D eigenvalue weighted by atomic mass is 32.1. The van der Waals surface area contributed by atoms with Gasteiger partial charge in [0.2, 0.25) is 0 Å². The number of hydrogen-bond donors (Lipinski definition) is 2. The van der Waals surface area contributed by atoms with Crippen molar-refractivity contribution in [2.45, 2.75) is 26.3 Å². The lowest BCUT2D eigenvalue weighted by atomic mass is 10.2. The Balaban J connectivity index is 1.46. The Hall–Kier alpha value is -2.58. The third-order valence-corrected chi connectivity index (χ3v) is 6.34. The maximum absolute atomic E-state index is 5.80. The number of anilines is 1. The number of thiophene rings is 1. The van der Waals surface area contributed by atoms with E-state index in [9.17, 15) is 0 Å². The van der Waals surface area contributed by atoms with Gasteiger partial charge in [0.1, 0.15) is 0 Å². The molecule has 0 spiro atoms. The smallest absolute Gasteiger partial charge is 0.196 e. The number of nitrogens with one attached hydrogen (secondary N) is 2. The number of thiazole rings is 1. The second kappa shape index (κ2) is 9.76. The number of nitrogens with zero attached hydrogens (tertiary/aromatic N) is 2. The van der Waals surface area contributed by atoms with Crippen molar-refractivity contribution in [3.8, 4) is 11.5 Å². The molecule has 1 aliphatic rings. The van der Waals surface area contributed by atoms with Crippen LogP contribution < -0.4 is 20.1 Å². The van der Waals surface area contributed by atoms with Crippen LogP contribution >= 0.6 is 22.7 Å². The number of ether oxygens (including phenoxy) is 2. The predicted octanol–water partition coefficient (Wildman–Crippen LogP) is 4.47. The van der Waals surface area contributed by atoms with Gasteiger partial charge in [-0.1, -0.05) is 6.07 Å². The van der Waals surface area contributed by atoms with Gasteiger partial charge in [0.05, 0.1) is 31.0 Å². The molecule has 0 amide bonds. The molecule has 1 aromatic carbocycles. The summed E-state index contributed by atoms with van der Waals surface area (Å²) >= 11 is 3.40. The minimum Gasteiger partial charge on any atom is -0.490 e. The minimum atomic E-state index is 0.593. The first-order chi connectivity index (χ1) is 14.3. The van der Waals surface area contributed by atoms with Crippen LogP contribution in [0, 0.1) is 6.92 Å². The van der Waals surface area contributed by atoms with Gasteiger partial charge in [0, 0.05) is 34.5 Å². The quantitative estimate of drug-likeness (QED) is 0.448. The zero-order valence-electron chi connectivity index (χ0n) is 16.3. The molecule has 0 saturated carbocycles. The number of hydrogen-bond acceptors (Lipinski definition) is 6. The van der Waals surface area contributed by atoms with Crippen LogP contribution in [-0.4, -0.2) is 30.7 Å². The molecule has 0 radical (unpaired) electrons. The van der Waals surface area contributed by atoms with Gasteiger partial charge in [0.25, 0.3) is 0 Å². The second-order valence-corrected chi connectivity index (χ2v) is 8.59. The molecule has 0 atom stereocenters. The van der Waals surface area contributed by atoms with Crippen LogP contribution in [0.2, 0.25) is 0 Å². The fourth-order valence-electron chi connectivity index (χ4n) is 2.91. The van der Waals surface area contributed by atoms with E-state index in [4.69, 9.17) is 14.5 Å². The zero-order chi connectivity index (χ0) is 19.9. The average molecular weight is 429 g/mol. The molecule has 152 valence electrons. The van der Waals surface area contributed by atoms with Crippen molar-refractivity contribution in [2.75, 3.05) is 25.1 Å². The largest absolute Gasteiger partial charge is 0.490 e. The van der Waals surface area contributed by atoms with Crippen LogP contribution in [0.5, 0.6) is 11.5 Å². The van der Waals surface area contributed by atoms with Gasteiger partial charge in [-0.2, -0.15) is 0 Å². The maximum Gasteiger partial charge on any atom is 0.196 e. The van der Waals surface area contributed by atoms with E-state index in [0.717, 1.165) is 48.2 Å². The molecule has 1 aliphatic heterocycles. The molecular formula is C21H24N4O2S2. The summed E-state index contributed by atoms with van der Waals surface area (Å²) < 4.78 is 11.5. The summed E-state index contributed by atoms with van der Waals surface area (Å²) in [6.07, 6.45) is 1.85. The summed E-state index contributed by atoms with van der Waals surface area (Å²) in [5.41, 5.74) is 3.81. The third kappa shape index (κ3) is 5.48. The monoisotopic (exact) mass is 428 g/mol. The van der Waals surface area contributed by atoms with E-state index in [1.54, 1.807) is 22.7 Å². The van der Waals surface area contributed by atoms with E-state index in [2.05, 4.69) is 33.1 Å². The highest BCUT2D eigenvalue weighted by molar-refractivity contribution is 7.10. The van der Waals surface area contributed by atoms with E-state index < -0.39 is 0 Å². The molecule has 6 nitrogen and oxygen atoms in total. The first kappa shape index (κ1) is 19.7. The van der Waals surface area contributed by atoms with Crippen LogP contribution in [0.3, 0.4) is 0 Å². The molecule has 0 saturated heterocycles. The SMILES string of the molecule is Cc1ncsc1CN=C(NCCc1cccs1)Nc1ccc2c(c1)OCCCO2. The summed E-state index contributed by atoms with van der Waals surface area (Å²) in [6.45, 7) is 4.77. The molecule has 3 heterocycles. The Morgan fingerprint density at radius 1 is 1.17 bits per heavy atom. The Labute approximate surface area is 178 Å². The number of benzene rings is 1. The predicted molar refractivity (Wildman–Crippen MR) is 120 cm³/mol. The molecule has 29 heavy (non-hydrogen) atoms. The van der Waals surface area contributed by atoms with Crippen molar-refractivity contribution in [3.05, 3.63) is 56.7 Å². The lowest BCUT2D eigenvalue weighted by Crippen LogP contribution is -2.32. The summed E-state index contributed by atoms with van der Waals surface area (Å²) in [4.78, 5) is 11.6. The fraction of sp³-hybridized carbons (Fsp3) is 0.333. The standard InChI is InChI=1S/C21H24N4O2S2/c1-15-20(29-14-24-15)13-23-21(22-8-7-17-4-2-11-28-17)25-16-5-6-18-19(12-16)27-10-3-9-26-18/h2,4-6,11-12,14H,3,7-10,13H2,1H3,(H2,22,23,25). The molecule has 2 N–H and O–H groups in total. The second-order valence-electron chi connectivity index (χ2n) is 6.62. The molecule has 2 aromatic heterocycles. The van der Waals surface area contributed by atoms with Crippen molar-refractivity contribution >= 4 is 34.3 Å². The van der Waals surface area contributed by atoms with Gasteiger partial charge in [-0.05, 0) is 36.9 Å². The van der Waals surface area contributed by atoms with Crippen LogP contribution in [0.25, 0.3) is 0 Å². The number of guanidine groups is 1. The molecule has 4 rings (SSSR count). The van der Waals surface area contributed by atoms with Crippen molar-refractivity contribution < 1.29 is 9.47 Å². The lowest BCUT2D eigenvalue weighted by Gasteiger charge is -2.14. The highest BCUT2D eigenvalue weighted by Crippen LogP contribution is 2.32. The average Bonchev–Trinajstić information content (AvgIpc) is 3.32. The lowest BCUT2D eigenvalue weighted by molar-refractivity contribution is 0.297. The van der Waals surface area contributed by atoms with Crippen molar-refractivity contribution in [3.63, 3.8) is 0 Å². The van der Waals surface area contributed by atoms with E-state index >= 15 is 0 Å². The van der Waals surface area contributed by atoms with Gasteiger partial charge in [0.15, 0.2) is 17.5 Å². The molecular weight excluding hydrogens is 404 g/mol. The van der Waals surface area contributed by atoms with E-state index in [1.165, 1.54) is 9.75 Å². The number of aliphatic imine (C=N–C) groups is 1. The van der Waals surface area contributed by atoms with Crippen molar-refractivity contribution in [2.24, 2.45) is 4.99 Å². The Bertz CT molecular complexity index is 954. The Morgan fingerprint density at radius 3 is 2.86 bits per heavy atom. The first-order valence-electron chi connectivity index (χ1n) is 9.64. The van der Waals surface area contributed by atoms with Crippen LogP contribution in [0.1, 0.15) is 21.9 Å². The van der Waals surface area contributed by atoms with Gasteiger partial charge in [-0.15, -0.1) is 22.7 Å². The van der Waals surface area contributed by atoms with Gasteiger partial charge in [-0.25, -0.2) is 9.98 Å². The fourth-order valence-corrected chi connectivity index (χ4v) is 4.31. The van der Waals surface area contributed by atoms with Crippen molar-refractivity contribution in [1.82, 2.24) is 10.3 Å². The highest BCUT2D eigenvalue weighted by Gasteiger charge is 2.12. The molecule has 8 heteroatoms. The van der Waals surface area contributed by atoms with E-state index in [1.807, 2.05) is 30.6 Å². The van der Waals surface area contributed by atoms with Crippen LogP contribution in [0.4, 0.5) is 5.69 Å². The molecule has 0 fully saturated rings. The number of aromatic nitrogens is 1. The first-order valence-corrected chi connectivity index (χ1v) is 11.4. The van der Waals surface area contributed by atoms with Gasteiger partial charge in [-0.3, -0.25) is 0 Å². The van der Waals surface area contributed by atoms with Crippen molar-refractivity contribution in [1.29, 1.82) is 0 Å². The van der Waals surface area contributed by atoms with E-state index in [-0.39, 0.29) is 0 Å². The minimum absolute atomic E-state index is 0.593. The van der Waals surface area contributed by atoms with E-state index in [0.29, 0.717) is 19.8 Å². The normalized spacial score (nSPS) is 13.8. The summed E-state index contributed by atoms with van der Waals surface area (Å²) in [5.74, 6) is 2.30. The number of aryl methyl sites for hydroxylation is 1. The molecule has 0 bridgehead atoms. The Kier molecular flexibility index (Phi) is 6.63. The molecule has 0 unspecified atom stereocenters. The summed E-state index contributed by atoms with van der Waals surface area (Å²) in [5, 5.41) is 8.95. The molecule has 3 aromatic rings. The van der Waals surface area contributed by atoms with Gasteiger partial charge < -0.3 is 20.1 Å². The summed E-state index contributed by atoms with van der Waals surface area (Å²) in [6, 6.07) is 10.1. The number of fused-ring (bicyclic) bond motifs is 1. The van der Waals surface area contributed by atoms with Crippen LogP contribution in [-0.2, 0) is 13.0 Å². The molecule has 0 aliphatic carbocycles. The number of rotatable bonds is 6. The summed E-state index contributed by atoms with van der Waals surface area (Å²) in [7, 11) is 0. The zero-order valence-corrected chi connectivity index (χ0v) is 17.9. The van der Waals surface area contributed by atoms with Crippen LogP contribution in [0.15, 0.2) is 46.2 Å². The van der Waals surface area contributed by atoms with Gasteiger partial charge >= 0.3 is 0 Å².